The first-order valence-electron chi connectivity index (χ1n) is 13.3. The van der Waals surface area contributed by atoms with Gasteiger partial charge in [-0.1, -0.05) is 18.2 Å². The lowest BCUT2D eigenvalue weighted by atomic mass is 9.98. The third-order valence-corrected chi connectivity index (χ3v) is 9.58. The van der Waals surface area contributed by atoms with Gasteiger partial charge in [-0.05, 0) is 61.4 Å². The van der Waals surface area contributed by atoms with E-state index in [-0.39, 0.29) is 17.1 Å². The van der Waals surface area contributed by atoms with Crippen LogP contribution in [0.25, 0.3) is 27.7 Å². The molecule has 2 fully saturated rings. The van der Waals surface area contributed by atoms with Gasteiger partial charge in [0.15, 0.2) is 0 Å². The molecule has 1 saturated carbocycles. The molecule has 2 aromatic heterocycles. The van der Waals surface area contributed by atoms with Gasteiger partial charge in [0.2, 0.25) is 10.0 Å². The molecule has 0 bridgehead atoms. The van der Waals surface area contributed by atoms with Crippen molar-refractivity contribution in [3.8, 4) is 11.1 Å². The Morgan fingerprint density at radius 2 is 1.89 bits per heavy atom. The van der Waals surface area contributed by atoms with Crippen LogP contribution in [0.2, 0.25) is 0 Å². The fourth-order valence-corrected chi connectivity index (χ4v) is 6.96. The molecule has 0 radical (unpaired) electrons. The summed E-state index contributed by atoms with van der Waals surface area (Å²) in [7, 11) is -3.59. The second-order valence-corrected chi connectivity index (χ2v) is 12.0. The van der Waals surface area contributed by atoms with Crippen molar-refractivity contribution in [3.05, 3.63) is 54.4 Å². The highest BCUT2D eigenvalue weighted by molar-refractivity contribution is 7.89. The van der Waals surface area contributed by atoms with Gasteiger partial charge in [-0.3, -0.25) is 0 Å². The molecule has 1 saturated heterocycles. The van der Waals surface area contributed by atoms with Gasteiger partial charge in [0, 0.05) is 55.1 Å². The minimum atomic E-state index is -3.59. The first-order chi connectivity index (χ1) is 18.5. The number of rotatable bonds is 5. The molecule has 1 N–H and O–H groups in total. The SMILES string of the molecule is O=C(OC1CCCC1)N1CC=C(c2c[nH]c3ncc(-c4cccc(S(=O)(=O)N5CCOCC5)c4)cc23)CC1. The molecule has 3 aliphatic rings. The van der Waals surface area contributed by atoms with Gasteiger partial charge >= 0.3 is 6.09 Å². The Morgan fingerprint density at radius 1 is 1.08 bits per heavy atom. The maximum Gasteiger partial charge on any atom is 0.410 e. The number of amides is 1. The van der Waals surface area contributed by atoms with Gasteiger partial charge in [0.25, 0.3) is 0 Å². The Morgan fingerprint density at radius 3 is 2.66 bits per heavy atom. The van der Waals surface area contributed by atoms with Crippen molar-refractivity contribution in [3.63, 3.8) is 0 Å². The van der Waals surface area contributed by atoms with Crippen molar-refractivity contribution in [2.45, 2.75) is 43.1 Å². The molecule has 4 heterocycles. The highest BCUT2D eigenvalue weighted by Gasteiger charge is 2.27. The first kappa shape index (κ1) is 25.1. The van der Waals surface area contributed by atoms with Crippen molar-refractivity contribution in [1.82, 2.24) is 19.2 Å². The molecule has 1 aliphatic carbocycles. The molecule has 0 atom stereocenters. The van der Waals surface area contributed by atoms with Crippen LogP contribution >= 0.6 is 0 Å². The molecule has 2 aliphatic heterocycles. The molecule has 38 heavy (non-hydrogen) atoms. The summed E-state index contributed by atoms with van der Waals surface area (Å²) < 4.78 is 38.8. The minimum absolute atomic E-state index is 0.0633. The maximum absolute atomic E-state index is 13.2. The van der Waals surface area contributed by atoms with E-state index < -0.39 is 10.0 Å². The lowest BCUT2D eigenvalue weighted by Gasteiger charge is -2.27. The number of aromatic amines is 1. The van der Waals surface area contributed by atoms with Crippen LogP contribution in [-0.2, 0) is 19.5 Å². The van der Waals surface area contributed by atoms with Crippen molar-refractivity contribution < 1.29 is 22.7 Å². The van der Waals surface area contributed by atoms with Gasteiger partial charge < -0.3 is 19.4 Å². The van der Waals surface area contributed by atoms with Crippen molar-refractivity contribution in [2.24, 2.45) is 0 Å². The summed E-state index contributed by atoms with van der Waals surface area (Å²) in [4.78, 5) is 22.5. The summed E-state index contributed by atoms with van der Waals surface area (Å²) >= 11 is 0. The minimum Gasteiger partial charge on any atom is -0.446 e. The van der Waals surface area contributed by atoms with Crippen molar-refractivity contribution in [1.29, 1.82) is 0 Å². The second kappa shape index (κ2) is 10.5. The number of carbonyl (C=O) groups is 1. The van der Waals surface area contributed by atoms with Crippen LogP contribution in [0.15, 0.2) is 53.7 Å². The van der Waals surface area contributed by atoms with Crippen LogP contribution in [-0.4, -0.2) is 79.2 Å². The average molecular weight is 537 g/mol. The van der Waals surface area contributed by atoms with E-state index in [1.807, 2.05) is 12.3 Å². The van der Waals surface area contributed by atoms with E-state index in [1.165, 1.54) is 4.31 Å². The first-order valence-corrected chi connectivity index (χ1v) is 14.7. The summed E-state index contributed by atoms with van der Waals surface area (Å²) in [6.07, 6.45) is 10.6. The van der Waals surface area contributed by atoms with Gasteiger partial charge in [-0.15, -0.1) is 0 Å². The number of hydrogen-bond donors (Lipinski definition) is 1. The summed E-state index contributed by atoms with van der Waals surface area (Å²) in [6.45, 7) is 2.66. The number of nitrogens with zero attached hydrogens (tertiary/aromatic N) is 3. The van der Waals surface area contributed by atoms with E-state index in [2.05, 4.69) is 22.1 Å². The smallest absolute Gasteiger partial charge is 0.410 e. The molecule has 9 nitrogen and oxygen atoms in total. The van der Waals surface area contributed by atoms with E-state index in [0.717, 1.165) is 65.4 Å². The fraction of sp³-hybridized carbons (Fsp3) is 0.429. The molecule has 200 valence electrons. The number of fused-ring (bicyclic) bond motifs is 1. The number of carbonyl (C=O) groups excluding carboxylic acids is 1. The molecule has 3 aromatic rings. The summed E-state index contributed by atoms with van der Waals surface area (Å²) in [5, 5.41) is 0.970. The van der Waals surface area contributed by atoms with Gasteiger partial charge in [0.1, 0.15) is 11.8 Å². The number of nitrogens with one attached hydrogen (secondary N) is 1. The molecule has 1 amide bonds. The summed E-state index contributed by atoms with van der Waals surface area (Å²) in [6, 6.07) is 9.08. The monoisotopic (exact) mass is 536 g/mol. The summed E-state index contributed by atoms with van der Waals surface area (Å²) in [5.41, 5.74) is 4.61. The Balaban J connectivity index is 1.23. The quantitative estimate of drug-likeness (QED) is 0.518. The molecule has 6 rings (SSSR count). The van der Waals surface area contributed by atoms with Gasteiger partial charge in [-0.2, -0.15) is 4.31 Å². The van der Waals surface area contributed by atoms with E-state index in [1.54, 1.807) is 29.3 Å². The molecular weight excluding hydrogens is 504 g/mol. The summed E-state index contributed by atoms with van der Waals surface area (Å²) in [5.74, 6) is 0. The zero-order valence-electron chi connectivity index (χ0n) is 21.3. The number of H-pyrrole nitrogens is 1. The van der Waals surface area contributed by atoms with E-state index in [0.29, 0.717) is 39.4 Å². The zero-order chi connectivity index (χ0) is 26.1. The second-order valence-electron chi connectivity index (χ2n) is 10.1. The van der Waals surface area contributed by atoms with Gasteiger partial charge in [-0.25, -0.2) is 18.2 Å². The standard InChI is InChI=1S/C28H32N4O5S/c33-28(37-23-5-1-2-6-23)31-10-8-20(9-11-31)26-19-30-27-25(26)17-22(18-29-27)21-4-3-7-24(16-21)38(34,35)32-12-14-36-15-13-32/h3-4,7-8,16-19,23H,1-2,5-6,9-15H2,(H,29,30). The molecule has 0 spiro atoms. The van der Waals surface area contributed by atoms with E-state index in [4.69, 9.17) is 9.47 Å². The largest absolute Gasteiger partial charge is 0.446 e. The third-order valence-electron chi connectivity index (χ3n) is 7.69. The Hall–Kier alpha value is -3.21. The van der Waals surface area contributed by atoms with Crippen LogP contribution in [0.1, 0.15) is 37.7 Å². The maximum atomic E-state index is 13.2. The fourth-order valence-electron chi connectivity index (χ4n) is 5.50. The molecule has 0 unspecified atom stereocenters. The third kappa shape index (κ3) is 4.95. The van der Waals surface area contributed by atoms with Gasteiger partial charge in [0.05, 0.1) is 18.1 Å². The van der Waals surface area contributed by atoms with Crippen molar-refractivity contribution >= 4 is 32.7 Å². The molecule has 1 aromatic carbocycles. The predicted octanol–water partition coefficient (Wildman–Crippen LogP) is 4.42. The molecular formula is C28H32N4O5S. The van der Waals surface area contributed by atoms with Crippen LogP contribution in [0.4, 0.5) is 4.79 Å². The zero-order valence-corrected chi connectivity index (χ0v) is 22.1. The molecule has 10 heteroatoms. The normalized spacial score (nSPS) is 19.6. The Labute approximate surface area is 222 Å². The lowest BCUT2D eigenvalue weighted by molar-refractivity contribution is 0.0682. The number of pyridine rings is 1. The average Bonchev–Trinajstić information content (AvgIpc) is 3.63. The lowest BCUT2D eigenvalue weighted by Crippen LogP contribution is -2.40. The predicted molar refractivity (Wildman–Crippen MR) is 144 cm³/mol. The Kier molecular flexibility index (Phi) is 6.94. The number of sulfonamides is 1. The van der Waals surface area contributed by atoms with Crippen LogP contribution in [0.5, 0.6) is 0 Å². The highest BCUT2D eigenvalue weighted by Crippen LogP contribution is 2.32. The number of hydrogen-bond acceptors (Lipinski definition) is 6. The number of benzene rings is 1. The van der Waals surface area contributed by atoms with Crippen LogP contribution < -0.4 is 0 Å². The van der Waals surface area contributed by atoms with E-state index >= 15 is 0 Å². The number of ether oxygens (including phenoxy) is 2. The topological polar surface area (TPSA) is 105 Å². The van der Waals surface area contributed by atoms with Crippen molar-refractivity contribution in [2.75, 3.05) is 39.4 Å². The van der Waals surface area contributed by atoms with Crippen LogP contribution in [0.3, 0.4) is 0 Å². The van der Waals surface area contributed by atoms with Crippen LogP contribution in [0, 0.1) is 0 Å². The number of aromatic nitrogens is 2. The number of morpholine rings is 1. The highest BCUT2D eigenvalue weighted by atomic mass is 32.2. The van der Waals surface area contributed by atoms with E-state index in [9.17, 15) is 13.2 Å². The Bertz CT molecular complexity index is 1470.